The summed E-state index contributed by atoms with van der Waals surface area (Å²) in [7, 11) is 0. The van der Waals surface area contributed by atoms with Gasteiger partial charge in [0, 0.05) is 12.6 Å². The van der Waals surface area contributed by atoms with Gasteiger partial charge in [-0.1, -0.05) is 13.0 Å². The lowest BCUT2D eigenvalue weighted by Gasteiger charge is -1.96. The maximum absolute atomic E-state index is 4.07. The van der Waals surface area contributed by atoms with Crippen molar-refractivity contribution in [3.8, 4) is 0 Å². The predicted molar refractivity (Wildman–Crippen MR) is 47.1 cm³/mol. The van der Waals surface area contributed by atoms with Crippen molar-refractivity contribution in [1.82, 2.24) is 14.6 Å². The Morgan fingerprint density at radius 2 is 2.17 bits per heavy atom. The number of aryl methyl sites for hydroxylation is 2. The molecule has 62 valence electrons. The summed E-state index contributed by atoms with van der Waals surface area (Å²) >= 11 is 0. The number of hydrogen-bond donors (Lipinski definition) is 0. The van der Waals surface area contributed by atoms with E-state index in [1.807, 2.05) is 16.5 Å². The third-order valence-electron chi connectivity index (χ3n) is 1.94. The molecule has 0 aliphatic rings. The number of nitrogens with zero attached hydrogens (tertiary/aromatic N) is 3. The number of pyridine rings is 1. The molecule has 0 saturated heterocycles. The summed E-state index contributed by atoms with van der Waals surface area (Å²) < 4.78 is 2.04. The molecule has 2 aromatic heterocycles. The summed E-state index contributed by atoms with van der Waals surface area (Å²) in [6.45, 7) is 4.15. The molecule has 2 aromatic rings. The van der Waals surface area contributed by atoms with Crippen molar-refractivity contribution >= 4 is 5.65 Å². The van der Waals surface area contributed by atoms with E-state index >= 15 is 0 Å². The first kappa shape index (κ1) is 7.28. The fourth-order valence-electron chi connectivity index (χ4n) is 1.29. The van der Waals surface area contributed by atoms with Crippen LogP contribution in [0.3, 0.4) is 0 Å². The zero-order valence-electron chi connectivity index (χ0n) is 7.28. The van der Waals surface area contributed by atoms with Crippen molar-refractivity contribution in [2.24, 2.45) is 0 Å². The molecule has 12 heavy (non-hydrogen) atoms. The Morgan fingerprint density at radius 1 is 1.33 bits per heavy atom. The summed E-state index contributed by atoms with van der Waals surface area (Å²) in [5, 5.41) is 8.11. The summed E-state index contributed by atoms with van der Waals surface area (Å²) in [4.78, 5) is 0. The molecule has 2 heterocycles. The van der Waals surface area contributed by atoms with Crippen molar-refractivity contribution in [1.29, 1.82) is 0 Å². The van der Waals surface area contributed by atoms with E-state index in [2.05, 4.69) is 30.2 Å². The van der Waals surface area contributed by atoms with Crippen LogP contribution < -0.4 is 0 Å². The van der Waals surface area contributed by atoms with Crippen molar-refractivity contribution in [3.05, 3.63) is 29.7 Å². The van der Waals surface area contributed by atoms with E-state index in [0.29, 0.717) is 0 Å². The Hall–Kier alpha value is -1.38. The molecule has 0 spiro atoms. The van der Waals surface area contributed by atoms with Gasteiger partial charge in [0.2, 0.25) is 0 Å². The van der Waals surface area contributed by atoms with Crippen LogP contribution in [0.4, 0.5) is 0 Å². The molecule has 0 atom stereocenters. The van der Waals surface area contributed by atoms with Gasteiger partial charge < -0.3 is 0 Å². The van der Waals surface area contributed by atoms with Crippen molar-refractivity contribution < 1.29 is 0 Å². The van der Waals surface area contributed by atoms with Crippen molar-refractivity contribution in [2.45, 2.75) is 20.3 Å². The molecule has 0 N–H and O–H groups in total. The highest BCUT2D eigenvalue weighted by atomic mass is 15.2. The van der Waals surface area contributed by atoms with Crippen molar-refractivity contribution in [3.63, 3.8) is 0 Å². The van der Waals surface area contributed by atoms with Crippen LogP contribution >= 0.6 is 0 Å². The molecular weight excluding hydrogens is 150 g/mol. The minimum absolute atomic E-state index is 0.921. The molecule has 0 amide bonds. The Bertz CT molecular complexity index is 403. The second kappa shape index (κ2) is 2.59. The predicted octanol–water partition coefficient (Wildman–Crippen LogP) is 1.60. The second-order valence-corrected chi connectivity index (χ2v) is 2.90. The third-order valence-corrected chi connectivity index (χ3v) is 1.94. The largest absolute Gasteiger partial charge is 0.286 e. The number of rotatable bonds is 1. The van der Waals surface area contributed by atoms with E-state index in [1.165, 1.54) is 5.56 Å². The van der Waals surface area contributed by atoms with Gasteiger partial charge in [-0.15, -0.1) is 10.2 Å². The van der Waals surface area contributed by atoms with Crippen LogP contribution in [0.5, 0.6) is 0 Å². The molecule has 0 aliphatic carbocycles. The minimum Gasteiger partial charge on any atom is -0.286 e. The van der Waals surface area contributed by atoms with Gasteiger partial charge in [0.25, 0.3) is 0 Å². The van der Waals surface area contributed by atoms with Crippen molar-refractivity contribution in [2.75, 3.05) is 0 Å². The summed E-state index contributed by atoms with van der Waals surface area (Å²) in [5.41, 5.74) is 2.16. The van der Waals surface area contributed by atoms with Crippen LogP contribution in [0.2, 0.25) is 0 Å². The third kappa shape index (κ3) is 0.978. The summed E-state index contributed by atoms with van der Waals surface area (Å²) in [6, 6.07) is 4.03. The Morgan fingerprint density at radius 3 is 2.92 bits per heavy atom. The van der Waals surface area contributed by atoms with Gasteiger partial charge in [0.1, 0.15) is 5.82 Å². The Labute approximate surface area is 71.1 Å². The highest BCUT2D eigenvalue weighted by Gasteiger charge is 2.01. The molecule has 0 saturated carbocycles. The summed E-state index contributed by atoms with van der Waals surface area (Å²) in [6.07, 6.45) is 2.98. The molecule has 0 aliphatic heterocycles. The van der Waals surface area contributed by atoms with E-state index in [1.54, 1.807) is 0 Å². The standard InChI is InChI=1S/C9H11N3/c1-3-8-10-11-9-5-4-7(2)6-12(8)9/h4-6H,3H2,1-2H3. The van der Waals surface area contributed by atoms with Gasteiger partial charge in [0.05, 0.1) is 0 Å². The highest BCUT2D eigenvalue weighted by Crippen LogP contribution is 2.05. The van der Waals surface area contributed by atoms with Crippen LogP contribution in [0.1, 0.15) is 18.3 Å². The Kier molecular flexibility index (Phi) is 1.57. The van der Waals surface area contributed by atoms with Crippen LogP contribution in [0.25, 0.3) is 5.65 Å². The normalized spacial score (nSPS) is 10.8. The lowest BCUT2D eigenvalue weighted by atomic mass is 10.3. The van der Waals surface area contributed by atoms with Gasteiger partial charge in [-0.2, -0.15) is 0 Å². The zero-order valence-corrected chi connectivity index (χ0v) is 7.28. The lowest BCUT2D eigenvalue weighted by Crippen LogP contribution is -1.92. The van der Waals surface area contributed by atoms with Gasteiger partial charge >= 0.3 is 0 Å². The molecular formula is C9H11N3. The monoisotopic (exact) mass is 161 g/mol. The van der Waals surface area contributed by atoms with E-state index in [4.69, 9.17) is 0 Å². The first-order chi connectivity index (χ1) is 5.81. The second-order valence-electron chi connectivity index (χ2n) is 2.90. The average Bonchev–Trinajstić information content (AvgIpc) is 2.46. The number of aromatic nitrogens is 3. The quantitative estimate of drug-likeness (QED) is 0.636. The van der Waals surface area contributed by atoms with Gasteiger partial charge in [0.15, 0.2) is 5.65 Å². The molecule has 0 fully saturated rings. The zero-order chi connectivity index (χ0) is 8.55. The van der Waals surface area contributed by atoms with Crippen LogP contribution in [0, 0.1) is 6.92 Å². The fraction of sp³-hybridized carbons (Fsp3) is 0.333. The molecule has 0 unspecified atom stereocenters. The number of fused-ring (bicyclic) bond motifs is 1. The van der Waals surface area contributed by atoms with E-state index in [0.717, 1.165) is 17.9 Å². The molecule has 0 radical (unpaired) electrons. The molecule has 3 heteroatoms. The number of hydrogen-bond acceptors (Lipinski definition) is 2. The minimum atomic E-state index is 0.921. The molecule has 2 rings (SSSR count). The fourth-order valence-corrected chi connectivity index (χ4v) is 1.29. The van der Waals surface area contributed by atoms with Crippen LogP contribution in [-0.4, -0.2) is 14.6 Å². The maximum Gasteiger partial charge on any atom is 0.160 e. The highest BCUT2D eigenvalue weighted by molar-refractivity contribution is 5.39. The molecule has 0 bridgehead atoms. The first-order valence-corrected chi connectivity index (χ1v) is 4.11. The van der Waals surface area contributed by atoms with Gasteiger partial charge in [-0.25, -0.2) is 0 Å². The van der Waals surface area contributed by atoms with Gasteiger partial charge in [-0.3, -0.25) is 4.40 Å². The lowest BCUT2D eigenvalue weighted by molar-refractivity contribution is 0.907. The van der Waals surface area contributed by atoms with Crippen LogP contribution in [-0.2, 0) is 6.42 Å². The maximum atomic E-state index is 4.07. The van der Waals surface area contributed by atoms with Crippen LogP contribution in [0.15, 0.2) is 18.3 Å². The Balaban J connectivity index is 2.75. The SMILES string of the molecule is CCc1nnc2ccc(C)cn12. The average molecular weight is 161 g/mol. The van der Waals surface area contributed by atoms with Gasteiger partial charge in [-0.05, 0) is 18.6 Å². The smallest absolute Gasteiger partial charge is 0.160 e. The topological polar surface area (TPSA) is 30.2 Å². The summed E-state index contributed by atoms with van der Waals surface area (Å²) in [5.74, 6) is 1.02. The first-order valence-electron chi connectivity index (χ1n) is 4.11. The molecule has 3 nitrogen and oxygen atoms in total. The van der Waals surface area contributed by atoms with E-state index < -0.39 is 0 Å². The molecule has 0 aromatic carbocycles. The van der Waals surface area contributed by atoms with E-state index in [-0.39, 0.29) is 0 Å². The van der Waals surface area contributed by atoms with E-state index in [9.17, 15) is 0 Å².